The number of hydrogen-bond donors (Lipinski definition) is 1. The normalized spacial score (nSPS) is 20.2. The van der Waals surface area contributed by atoms with Crippen LogP contribution in [-0.2, 0) is 10.2 Å². The Balaban J connectivity index is 1.31. The predicted octanol–water partition coefficient (Wildman–Crippen LogP) is 5.17. The number of allylic oxidation sites excluding steroid dienone is 2. The molecule has 160 valence electrons. The van der Waals surface area contributed by atoms with Crippen molar-refractivity contribution in [3.63, 3.8) is 0 Å². The van der Waals surface area contributed by atoms with Crippen LogP contribution in [0.3, 0.4) is 0 Å². The molecule has 1 aliphatic heterocycles. The summed E-state index contributed by atoms with van der Waals surface area (Å²) in [4.78, 5) is 18.1. The zero-order chi connectivity index (χ0) is 21.4. The molecule has 5 rings (SSSR count). The standard InChI is InChI=1S/C25H26N2O3S/c1-25(2,16-11-12-20-21(13-16)30-15-29-20)14-26-23(28)17-7-3-4-8-18(17)24-27-19-9-5-6-10-22(19)31-24/h3-6,9-13,17-18H,7-8,14-15H2,1-2H3,(H,26,28). The molecule has 0 saturated heterocycles. The molecule has 31 heavy (non-hydrogen) atoms. The van der Waals surface area contributed by atoms with Crippen molar-refractivity contribution in [3.05, 3.63) is 65.2 Å². The predicted molar refractivity (Wildman–Crippen MR) is 123 cm³/mol. The van der Waals surface area contributed by atoms with E-state index in [4.69, 9.17) is 14.5 Å². The second-order valence-corrected chi connectivity index (χ2v) is 9.91. The summed E-state index contributed by atoms with van der Waals surface area (Å²) in [6, 6.07) is 14.2. The number of aromatic nitrogens is 1. The lowest BCUT2D eigenvalue weighted by atomic mass is 9.81. The van der Waals surface area contributed by atoms with Gasteiger partial charge in [0.2, 0.25) is 12.7 Å². The van der Waals surface area contributed by atoms with Gasteiger partial charge in [-0.2, -0.15) is 0 Å². The Morgan fingerprint density at radius 3 is 2.81 bits per heavy atom. The zero-order valence-corrected chi connectivity index (χ0v) is 18.6. The van der Waals surface area contributed by atoms with Gasteiger partial charge in [-0.1, -0.05) is 44.2 Å². The third-order valence-corrected chi connectivity index (χ3v) is 7.42. The molecule has 0 saturated carbocycles. The largest absolute Gasteiger partial charge is 0.454 e. The van der Waals surface area contributed by atoms with Gasteiger partial charge in [0.25, 0.3) is 0 Å². The van der Waals surface area contributed by atoms with Gasteiger partial charge in [0, 0.05) is 17.9 Å². The van der Waals surface area contributed by atoms with E-state index in [1.54, 1.807) is 11.3 Å². The van der Waals surface area contributed by atoms with E-state index in [0.717, 1.165) is 40.4 Å². The lowest BCUT2D eigenvalue weighted by Crippen LogP contribution is -2.41. The van der Waals surface area contributed by atoms with Crippen LogP contribution >= 0.6 is 11.3 Å². The summed E-state index contributed by atoms with van der Waals surface area (Å²) in [5.74, 6) is 1.66. The molecule has 2 aliphatic rings. The van der Waals surface area contributed by atoms with Crippen molar-refractivity contribution < 1.29 is 14.3 Å². The molecule has 0 fully saturated rings. The van der Waals surface area contributed by atoms with Crippen molar-refractivity contribution in [1.29, 1.82) is 0 Å². The van der Waals surface area contributed by atoms with Gasteiger partial charge in [-0.3, -0.25) is 4.79 Å². The summed E-state index contributed by atoms with van der Waals surface area (Å²) in [5, 5.41) is 4.28. The lowest BCUT2D eigenvalue weighted by molar-refractivity contribution is -0.126. The molecule has 2 unspecified atom stereocenters. The minimum atomic E-state index is -0.230. The Morgan fingerprint density at radius 1 is 1.13 bits per heavy atom. The van der Waals surface area contributed by atoms with Crippen LogP contribution in [0.1, 0.15) is 43.2 Å². The number of nitrogens with zero attached hydrogens (tertiary/aromatic N) is 1. The van der Waals surface area contributed by atoms with Crippen LogP contribution in [0.4, 0.5) is 0 Å². The molecule has 1 amide bonds. The van der Waals surface area contributed by atoms with Gasteiger partial charge in [0.1, 0.15) is 0 Å². The molecule has 2 heterocycles. The maximum Gasteiger partial charge on any atom is 0.231 e. The van der Waals surface area contributed by atoms with Gasteiger partial charge in [-0.05, 0) is 42.7 Å². The highest BCUT2D eigenvalue weighted by Crippen LogP contribution is 2.39. The van der Waals surface area contributed by atoms with Gasteiger partial charge in [0.15, 0.2) is 11.5 Å². The van der Waals surface area contributed by atoms with Crippen molar-refractivity contribution in [2.75, 3.05) is 13.3 Å². The zero-order valence-electron chi connectivity index (χ0n) is 17.8. The fourth-order valence-electron chi connectivity index (χ4n) is 4.28. The maximum absolute atomic E-state index is 13.2. The summed E-state index contributed by atoms with van der Waals surface area (Å²) >= 11 is 1.71. The number of benzene rings is 2. The fourth-order valence-corrected chi connectivity index (χ4v) is 5.43. The SMILES string of the molecule is CC(C)(CNC(=O)C1CC=CCC1c1nc2ccccc2s1)c1ccc2c(c1)OCO2. The van der Waals surface area contributed by atoms with Crippen molar-refractivity contribution in [3.8, 4) is 11.5 Å². The summed E-state index contributed by atoms with van der Waals surface area (Å²) < 4.78 is 12.1. The number of hydrogen-bond acceptors (Lipinski definition) is 5. The van der Waals surface area contributed by atoms with E-state index in [0.29, 0.717) is 6.54 Å². The number of amides is 1. The van der Waals surface area contributed by atoms with Gasteiger partial charge >= 0.3 is 0 Å². The van der Waals surface area contributed by atoms with E-state index >= 15 is 0 Å². The number of para-hydroxylation sites is 1. The number of carbonyl (C=O) groups is 1. The summed E-state index contributed by atoms with van der Waals surface area (Å²) in [5.41, 5.74) is 1.90. The third kappa shape index (κ3) is 3.92. The van der Waals surface area contributed by atoms with Crippen molar-refractivity contribution >= 4 is 27.5 Å². The monoisotopic (exact) mass is 434 g/mol. The number of carbonyl (C=O) groups excluding carboxylic acids is 1. The number of nitrogens with one attached hydrogen (secondary N) is 1. The first-order valence-electron chi connectivity index (χ1n) is 10.7. The number of rotatable bonds is 5. The van der Waals surface area contributed by atoms with E-state index in [9.17, 15) is 4.79 Å². The topological polar surface area (TPSA) is 60.5 Å². The van der Waals surface area contributed by atoms with Crippen LogP contribution in [0.15, 0.2) is 54.6 Å². The molecule has 6 heteroatoms. The number of ether oxygens (including phenoxy) is 2. The average Bonchev–Trinajstić information content (AvgIpc) is 3.43. The van der Waals surface area contributed by atoms with Crippen LogP contribution < -0.4 is 14.8 Å². The molecule has 1 aromatic heterocycles. The number of thiazole rings is 1. The second-order valence-electron chi connectivity index (χ2n) is 8.85. The average molecular weight is 435 g/mol. The molecule has 2 aromatic carbocycles. The van der Waals surface area contributed by atoms with Crippen molar-refractivity contribution in [1.82, 2.24) is 10.3 Å². The first-order valence-corrected chi connectivity index (χ1v) is 11.5. The van der Waals surface area contributed by atoms with E-state index < -0.39 is 0 Å². The van der Waals surface area contributed by atoms with Crippen LogP contribution in [0.5, 0.6) is 11.5 Å². The molecule has 1 aliphatic carbocycles. The van der Waals surface area contributed by atoms with E-state index in [1.165, 1.54) is 4.70 Å². The maximum atomic E-state index is 13.2. The fraction of sp³-hybridized carbons (Fsp3) is 0.360. The molecule has 0 spiro atoms. The number of fused-ring (bicyclic) bond motifs is 2. The van der Waals surface area contributed by atoms with Crippen LogP contribution in [-0.4, -0.2) is 24.2 Å². The van der Waals surface area contributed by atoms with E-state index in [1.807, 2.05) is 36.4 Å². The Morgan fingerprint density at radius 2 is 1.94 bits per heavy atom. The van der Waals surface area contributed by atoms with Gasteiger partial charge in [0.05, 0.1) is 21.1 Å². The summed E-state index contributed by atoms with van der Waals surface area (Å²) in [6.07, 6.45) is 5.90. The minimum absolute atomic E-state index is 0.0990. The molecular weight excluding hydrogens is 408 g/mol. The smallest absolute Gasteiger partial charge is 0.231 e. The van der Waals surface area contributed by atoms with E-state index in [2.05, 4.69) is 37.4 Å². The first-order chi connectivity index (χ1) is 15.0. The lowest BCUT2D eigenvalue weighted by Gasteiger charge is -2.30. The molecule has 0 radical (unpaired) electrons. The molecule has 5 nitrogen and oxygen atoms in total. The molecule has 1 N–H and O–H groups in total. The Hall–Kier alpha value is -2.86. The van der Waals surface area contributed by atoms with Crippen molar-refractivity contribution in [2.45, 2.75) is 38.0 Å². The highest BCUT2D eigenvalue weighted by molar-refractivity contribution is 7.18. The Kier molecular flexibility index (Phi) is 5.18. The van der Waals surface area contributed by atoms with Gasteiger partial charge < -0.3 is 14.8 Å². The van der Waals surface area contributed by atoms with Crippen LogP contribution in [0.2, 0.25) is 0 Å². The summed E-state index contributed by atoms with van der Waals surface area (Å²) in [7, 11) is 0. The van der Waals surface area contributed by atoms with Gasteiger partial charge in [-0.15, -0.1) is 11.3 Å². The molecule has 3 aromatic rings. The molecule has 2 atom stereocenters. The molecule has 0 bridgehead atoms. The van der Waals surface area contributed by atoms with E-state index in [-0.39, 0.29) is 30.0 Å². The van der Waals surface area contributed by atoms with Crippen molar-refractivity contribution in [2.24, 2.45) is 5.92 Å². The molecular formula is C25H26N2O3S. The summed E-state index contributed by atoms with van der Waals surface area (Å²) in [6.45, 7) is 5.09. The highest BCUT2D eigenvalue weighted by Gasteiger charge is 2.33. The first kappa shape index (κ1) is 20.1. The second kappa shape index (κ2) is 8.00. The third-order valence-electron chi connectivity index (χ3n) is 6.26. The van der Waals surface area contributed by atoms with Crippen LogP contribution in [0.25, 0.3) is 10.2 Å². The minimum Gasteiger partial charge on any atom is -0.454 e. The van der Waals surface area contributed by atoms with Gasteiger partial charge in [-0.25, -0.2) is 4.98 Å². The Labute approximate surface area is 186 Å². The highest BCUT2D eigenvalue weighted by atomic mass is 32.1. The quantitative estimate of drug-likeness (QED) is 0.563. The Bertz CT molecular complexity index is 1120. The van der Waals surface area contributed by atoms with Crippen LogP contribution in [0, 0.1) is 5.92 Å².